The second-order valence-corrected chi connectivity index (χ2v) is 5.28. The molecule has 2 unspecified atom stereocenters. The van der Waals surface area contributed by atoms with Crippen molar-refractivity contribution in [1.29, 1.82) is 0 Å². The molecule has 1 aromatic carbocycles. The van der Waals surface area contributed by atoms with E-state index in [1.807, 2.05) is 12.1 Å². The van der Waals surface area contributed by atoms with Crippen LogP contribution in [0.2, 0.25) is 0 Å². The first kappa shape index (κ1) is 17.2. The average molecular weight is 293 g/mol. The number of hydroxylamine groups is 1. The molecule has 116 valence electrons. The van der Waals surface area contributed by atoms with Crippen LogP contribution in [-0.4, -0.2) is 23.2 Å². The molecular formula is C16H23NO4. The highest BCUT2D eigenvalue weighted by molar-refractivity contribution is 5.89. The number of esters is 1. The Kier molecular flexibility index (Phi) is 6.88. The highest BCUT2D eigenvalue weighted by Gasteiger charge is 2.19. The summed E-state index contributed by atoms with van der Waals surface area (Å²) in [5.41, 5.74) is 3.28. The van der Waals surface area contributed by atoms with Gasteiger partial charge in [-0.1, -0.05) is 32.4 Å². The van der Waals surface area contributed by atoms with Crippen LogP contribution in [0.3, 0.4) is 0 Å². The monoisotopic (exact) mass is 293 g/mol. The van der Waals surface area contributed by atoms with Crippen molar-refractivity contribution in [3.8, 4) is 0 Å². The Morgan fingerprint density at radius 2 is 1.86 bits per heavy atom. The Balaban J connectivity index is 2.53. The predicted octanol–water partition coefficient (Wildman–Crippen LogP) is 2.72. The molecule has 0 aliphatic heterocycles. The zero-order valence-corrected chi connectivity index (χ0v) is 12.8. The predicted molar refractivity (Wildman–Crippen MR) is 79.0 cm³/mol. The van der Waals surface area contributed by atoms with Crippen LogP contribution in [0.4, 0.5) is 0 Å². The molecule has 0 aromatic heterocycles. The molecule has 5 nitrogen and oxygen atoms in total. The molecule has 5 heteroatoms. The lowest BCUT2D eigenvalue weighted by molar-refractivity contribution is -0.133. The van der Waals surface area contributed by atoms with Crippen LogP contribution in [0, 0.1) is 5.92 Å². The second-order valence-electron chi connectivity index (χ2n) is 5.28. The van der Waals surface area contributed by atoms with Crippen molar-refractivity contribution in [2.45, 2.75) is 46.1 Å². The molecule has 0 saturated carbocycles. The number of hydrogen-bond acceptors (Lipinski definition) is 4. The molecule has 1 amide bonds. The van der Waals surface area contributed by atoms with Gasteiger partial charge in [-0.15, -0.1) is 0 Å². The summed E-state index contributed by atoms with van der Waals surface area (Å²) in [6.45, 7) is 5.49. The minimum atomic E-state index is -0.484. The van der Waals surface area contributed by atoms with E-state index in [0.717, 1.165) is 12.8 Å². The number of carbonyl (C=O) groups is 2. The van der Waals surface area contributed by atoms with E-state index in [9.17, 15) is 9.59 Å². The lowest BCUT2D eigenvalue weighted by atomic mass is 10.0. The summed E-state index contributed by atoms with van der Waals surface area (Å²) < 4.78 is 5.30. The van der Waals surface area contributed by atoms with Gasteiger partial charge < -0.3 is 4.74 Å². The van der Waals surface area contributed by atoms with Gasteiger partial charge in [-0.05, 0) is 37.5 Å². The molecule has 1 rings (SSSR count). The van der Waals surface area contributed by atoms with Gasteiger partial charge in [-0.25, -0.2) is 10.3 Å². The molecular weight excluding hydrogens is 270 g/mol. The van der Waals surface area contributed by atoms with Gasteiger partial charge in [0.2, 0.25) is 5.91 Å². The van der Waals surface area contributed by atoms with Crippen LogP contribution in [0.1, 0.15) is 49.5 Å². The number of ether oxygens (including phenoxy) is 1. The molecule has 2 atom stereocenters. The van der Waals surface area contributed by atoms with Crippen molar-refractivity contribution >= 4 is 11.9 Å². The van der Waals surface area contributed by atoms with Gasteiger partial charge in [0.25, 0.3) is 0 Å². The number of carbonyl (C=O) groups excluding carboxylic acids is 2. The summed E-state index contributed by atoms with van der Waals surface area (Å²) in [5, 5.41) is 8.54. The number of benzene rings is 1. The molecule has 0 saturated heterocycles. The Morgan fingerprint density at radius 1 is 1.24 bits per heavy atom. The lowest BCUT2D eigenvalue weighted by Crippen LogP contribution is -2.29. The van der Waals surface area contributed by atoms with Crippen LogP contribution in [0.15, 0.2) is 24.3 Å². The molecule has 0 bridgehead atoms. The fourth-order valence-electron chi connectivity index (χ4n) is 2.11. The van der Waals surface area contributed by atoms with Gasteiger partial charge in [0.1, 0.15) is 6.10 Å². The van der Waals surface area contributed by atoms with Crippen LogP contribution < -0.4 is 5.48 Å². The van der Waals surface area contributed by atoms with Crippen molar-refractivity contribution in [3.63, 3.8) is 0 Å². The van der Waals surface area contributed by atoms with Crippen molar-refractivity contribution in [2.75, 3.05) is 0 Å². The Morgan fingerprint density at radius 3 is 2.38 bits per heavy atom. The first-order valence-electron chi connectivity index (χ1n) is 7.21. The molecule has 0 fully saturated rings. The maximum Gasteiger partial charge on any atom is 0.338 e. The van der Waals surface area contributed by atoms with Gasteiger partial charge in [-0.3, -0.25) is 10.0 Å². The van der Waals surface area contributed by atoms with Crippen LogP contribution in [0.25, 0.3) is 0 Å². The quantitative estimate of drug-likeness (QED) is 0.460. The fourth-order valence-corrected chi connectivity index (χ4v) is 2.11. The summed E-state index contributed by atoms with van der Waals surface area (Å²) in [7, 11) is 0. The van der Waals surface area contributed by atoms with E-state index in [-0.39, 0.29) is 0 Å². The van der Waals surface area contributed by atoms with Crippen LogP contribution in [0.5, 0.6) is 0 Å². The van der Waals surface area contributed by atoms with Gasteiger partial charge in [-0.2, -0.15) is 0 Å². The number of hydrogen-bond donors (Lipinski definition) is 2. The lowest BCUT2D eigenvalue weighted by Gasteiger charge is -2.16. The molecule has 2 N–H and O–H groups in total. The normalized spacial score (nSPS) is 13.3. The standard InChI is InChI=1S/C16H23NO4/c1-4-5-13-6-8-14(9-7-13)16(19)21-12(3)10-11(2)15(18)17-20/h6-9,11-12,20H,4-5,10H2,1-3H3,(H,17,18). The summed E-state index contributed by atoms with van der Waals surface area (Å²) in [6.07, 6.45) is 2.00. The third-order valence-corrected chi connectivity index (χ3v) is 3.28. The minimum absolute atomic E-state index is 0.353. The fraction of sp³-hybridized carbons (Fsp3) is 0.500. The zero-order valence-electron chi connectivity index (χ0n) is 12.8. The van der Waals surface area contributed by atoms with Crippen molar-refractivity contribution in [3.05, 3.63) is 35.4 Å². The van der Waals surface area contributed by atoms with Gasteiger partial charge in [0, 0.05) is 5.92 Å². The first-order chi connectivity index (χ1) is 9.97. The topological polar surface area (TPSA) is 75.6 Å². The Labute approximate surface area is 125 Å². The van der Waals surface area contributed by atoms with Gasteiger partial charge in [0.15, 0.2) is 0 Å². The Bertz CT molecular complexity index is 470. The largest absolute Gasteiger partial charge is 0.459 e. The maximum atomic E-state index is 12.0. The van der Waals surface area contributed by atoms with Crippen LogP contribution >= 0.6 is 0 Å². The van der Waals surface area contributed by atoms with E-state index < -0.39 is 23.9 Å². The first-order valence-corrected chi connectivity index (χ1v) is 7.21. The van der Waals surface area contributed by atoms with E-state index in [1.165, 1.54) is 5.56 Å². The summed E-state index contributed by atoms with van der Waals surface area (Å²) in [5.74, 6) is -1.31. The molecule has 0 aliphatic rings. The zero-order chi connectivity index (χ0) is 15.8. The van der Waals surface area contributed by atoms with E-state index in [4.69, 9.17) is 9.94 Å². The van der Waals surface area contributed by atoms with Crippen molar-refractivity contribution < 1.29 is 19.5 Å². The molecule has 0 heterocycles. The van der Waals surface area contributed by atoms with E-state index >= 15 is 0 Å². The Hall–Kier alpha value is -1.88. The SMILES string of the molecule is CCCc1ccc(C(=O)OC(C)CC(C)C(=O)NO)cc1. The van der Waals surface area contributed by atoms with Gasteiger partial charge >= 0.3 is 5.97 Å². The third kappa shape index (κ3) is 5.55. The van der Waals surface area contributed by atoms with E-state index in [1.54, 1.807) is 31.5 Å². The number of nitrogens with one attached hydrogen (secondary N) is 1. The summed E-state index contributed by atoms with van der Waals surface area (Å²) in [6, 6.07) is 7.35. The highest BCUT2D eigenvalue weighted by atomic mass is 16.5. The summed E-state index contributed by atoms with van der Waals surface area (Å²) in [4.78, 5) is 23.2. The van der Waals surface area contributed by atoms with Gasteiger partial charge in [0.05, 0.1) is 5.56 Å². The molecule has 21 heavy (non-hydrogen) atoms. The minimum Gasteiger partial charge on any atom is -0.459 e. The highest BCUT2D eigenvalue weighted by Crippen LogP contribution is 2.13. The maximum absolute atomic E-state index is 12.0. The second kappa shape index (κ2) is 8.42. The average Bonchev–Trinajstić information content (AvgIpc) is 2.47. The van der Waals surface area contributed by atoms with Crippen LogP contribution in [-0.2, 0) is 16.0 Å². The van der Waals surface area contributed by atoms with Crippen molar-refractivity contribution in [2.24, 2.45) is 5.92 Å². The number of amides is 1. The molecule has 0 spiro atoms. The molecule has 0 radical (unpaired) electrons. The molecule has 0 aliphatic carbocycles. The van der Waals surface area contributed by atoms with E-state index in [2.05, 4.69) is 6.92 Å². The summed E-state index contributed by atoms with van der Waals surface area (Å²) >= 11 is 0. The van der Waals surface area contributed by atoms with E-state index in [0.29, 0.717) is 12.0 Å². The number of rotatable bonds is 7. The molecule has 1 aromatic rings. The van der Waals surface area contributed by atoms with Crippen molar-refractivity contribution in [1.82, 2.24) is 5.48 Å². The third-order valence-electron chi connectivity index (χ3n) is 3.28. The number of aryl methyl sites for hydroxylation is 1. The smallest absolute Gasteiger partial charge is 0.338 e.